The van der Waals surface area contributed by atoms with Crippen molar-refractivity contribution in [2.24, 2.45) is 0 Å². The maximum absolute atomic E-state index is 12.6. The number of nitrogens with zero attached hydrogens (tertiary/aromatic N) is 2. The maximum atomic E-state index is 12.6. The monoisotopic (exact) mass is 336 g/mol. The molecule has 2 amide bonds. The van der Waals surface area contributed by atoms with Gasteiger partial charge in [0.2, 0.25) is 5.91 Å². The Bertz CT molecular complexity index is 620. The van der Waals surface area contributed by atoms with E-state index in [0.717, 1.165) is 24.8 Å². The highest BCUT2D eigenvalue weighted by Gasteiger charge is 2.29. The molecule has 1 N–H and O–H groups in total. The number of amides is 2. The lowest BCUT2D eigenvalue weighted by Gasteiger charge is -2.31. The Kier molecular flexibility index (Phi) is 4.87. The van der Waals surface area contributed by atoms with Crippen LogP contribution >= 0.6 is 11.6 Å². The van der Waals surface area contributed by atoms with Crippen LogP contribution in [0.4, 0.5) is 0 Å². The number of aliphatic hydroxyl groups is 1. The molecule has 0 radical (unpaired) electrons. The molecule has 1 saturated heterocycles. The van der Waals surface area contributed by atoms with Gasteiger partial charge < -0.3 is 14.9 Å². The molecule has 2 aliphatic heterocycles. The van der Waals surface area contributed by atoms with E-state index in [1.54, 1.807) is 4.90 Å². The molecule has 1 unspecified atom stereocenters. The number of rotatable bonds is 2. The van der Waals surface area contributed by atoms with E-state index in [2.05, 4.69) is 0 Å². The first-order valence-corrected chi connectivity index (χ1v) is 8.45. The lowest BCUT2D eigenvalue weighted by atomic mass is 10.00. The third-order valence-electron chi connectivity index (χ3n) is 4.65. The fourth-order valence-electron chi connectivity index (χ4n) is 3.26. The second kappa shape index (κ2) is 6.89. The lowest BCUT2D eigenvalue weighted by Crippen LogP contribution is -2.46. The van der Waals surface area contributed by atoms with Crippen LogP contribution in [0.15, 0.2) is 18.2 Å². The van der Waals surface area contributed by atoms with Crippen LogP contribution in [-0.2, 0) is 22.6 Å². The molecule has 3 rings (SSSR count). The first-order chi connectivity index (χ1) is 11.1. The van der Waals surface area contributed by atoms with Gasteiger partial charge in [-0.3, -0.25) is 9.59 Å². The smallest absolute Gasteiger partial charge is 0.251 e. The number of fused-ring (bicyclic) bond motifs is 1. The van der Waals surface area contributed by atoms with Crippen LogP contribution in [0.25, 0.3) is 0 Å². The molecule has 0 spiro atoms. The second-order valence-corrected chi connectivity index (χ2v) is 6.62. The predicted molar refractivity (Wildman–Crippen MR) is 87.0 cm³/mol. The summed E-state index contributed by atoms with van der Waals surface area (Å²) < 4.78 is 0. The molecule has 5 nitrogen and oxygen atoms in total. The highest BCUT2D eigenvalue weighted by atomic mass is 35.5. The third kappa shape index (κ3) is 3.51. The van der Waals surface area contributed by atoms with Crippen LogP contribution in [-0.4, -0.2) is 52.5 Å². The first kappa shape index (κ1) is 16.3. The van der Waals surface area contributed by atoms with Gasteiger partial charge in [-0.2, -0.15) is 0 Å². The molecule has 124 valence electrons. The highest BCUT2D eigenvalue weighted by molar-refractivity contribution is 6.31. The summed E-state index contributed by atoms with van der Waals surface area (Å²) in [6.07, 6.45) is 1.92. The number of hydrogen-bond acceptors (Lipinski definition) is 3. The van der Waals surface area contributed by atoms with Crippen LogP contribution in [0.3, 0.4) is 0 Å². The molecule has 1 aromatic rings. The van der Waals surface area contributed by atoms with Gasteiger partial charge in [0.25, 0.3) is 5.91 Å². The summed E-state index contributed by atoms with van der Waals surface area (Å²) >= 11 is 6.23. The van der Waals surface area contributed by atoms with E-state index in [0.29, 0.717) is 31.1 Å². The van der Waals surface area contributed by atoms with Gasteiger partial charge in [0.1, 0.15) is 6.10 Å². The highest BCUT2D eigenvalue weighted by Crippen LogP contribution is 2.26. The van der Waals surface area contributed by atoms with Crippen LogP contribution in [0.5, 0.6) is 0 Å². The summed E-state index contributed by atoms with van der Waals surface area (Å²) in [5.41, 5.74) is 2.18. The second-order valence-electron chi connectivity index (χ2n) is 6.21. The number of carbonyl (C=O) groups excluding carboxylic acids is 2. The van der Waals surface area contributed by atoms with Gasteiger partial charge in [-0.1, -0.05) is 23.7 Å². The minimum Gasteiger partial charge on any atom is -0.383 e. The Morgan fingerprint density at radius 3 is 2.96 bits per heavy atom. The van der Waals surface area contributed by atoms with Crippen LogP contribution < -0.4 is 0 Å². The number of hydrogen-bond donors (Lipinski definition) is 1. The van der Waals surface area contributed by atoms with E-state index in [-0.39, 0.29) is 18.4 Å². The van der Waals surface area contributed by atoms with Crippen LogP contribution in [0.2, 0.25) is 5.02 Å². The van der Waals surface area contributed by atoms with Gasteiger partial charge in [0, 0.05) is 24.7 Å². The lowest BCUT2D eigenvalue weighted by molar-refractivity contribution is -0.145. The Labute approximate surface area is 140 Å². The summed E-state index contributed by atoms with van der Waals surface area (Å²) in [5.74, 6) is -0.413. The van der Waals surface area contributed by atoms with Crippen molar-refractivity contribution in [3.63, 3.8) is 0 Å². The van der Waals surface area contributed by atoms with Gasteiger partial charge in [0.05, 0.1) is 6.54 Å². The molecule has 1 fully saturated rings. The zero-order valence-electron chi connectivity index (χ0n) is 13.0. The van der Waals surface area contributed by atoms with Crippen molar-refractivity contribution in [2.45, 2.75) is 38.3 Å². The van der Waals surface area contributed by atoms with E-state index >= 15 is 0 Å². The van der Waals surface area contributed by atoms with Gasteiger partial charge in [0.15, 0.2) is 0 Å². The molecular weight excluding hydrogens is 316 g/mol. The summed E-state index contributed by atoms with van der Waals surface area (Å²) in [4.78, 5) is 27.9. The number of aliphatic hydroxyl groups excluding tert-OH is 1. The molecule has 1 atom stereocenters. The van der Waals surface area contributed by atoms with Crippen molar-refractivity contribution < 1.29 is 14.7 Å². The van der Waals surface area contributed by atoms with Crippen molar-refractivity contribution in [3.05, 3.63) is 34.3 Å². The van der Waals surface area contributed by atoms with E-state index in [9.17, 15) is 14.7 Å². The van der Waals surface area contributed by atoms with Crippen molar-refractivity contribution >= 4 is 23.4 Å². The van der Waals surface area contributed by atoms with Gasteiger partial charge in [-0.15, -0.1) is 0 Å². The van der Waals surface area contributed by atoms with Crippen molar-refractivity contribution in [1.82, 2.24) is 9.80 Å². The summed E-state index contributed by atoms with van der Waals surface area (Å²) in [5, 5.41) is 10.5. The molecule has 2 heterocycles. The zero-order valence-corrected chi connectivity index (χ0v) is 13.8. The number of carbonyl (C=O) groups is 2. The molecule has 1 aromatic carbocycles. The molecule has 0 bridgehead atoms. The number of halogens is 1. The Morgan fingerprint density at radius 1 is 1.30 bits per heavy atom. The average Bonchev–Trinajstić information content (AvgIpc) is 2.70. The van der Waals surface area contributed by atoms with Gasteiger partial charge in [-0.05, 0) is 42.9 Å². The van der Waals surface area contributed by atoms with Gasteiger partial charge in [-0.25, -0.2) is 0 Å². The normalized spacial score (nSPS) is 21.8. The predicted octanol–water partition coefficient (Wildman–Crippen LogP) is 1.60. The molecule has 0 aliphatic carbocycles. The molecule has 6 heteroatoms. The Balaban J connectivity index is 1.67. The fraction of sp³-hybridized carbons (Fsp3) is 0.529. The third-order valence-corrected chi connectivity index (χ3v) is 5.00. The standard InChI is InChI=1S/C17H21ClN2O3/c18-14-5-3-4-12-7-9-19(10-13(12)14)16(22)11-20-8-2-1-6-15(21)17(20)23/h3-5,15,21H,1-2,6-11H2. The van der Waals surface area contributed by atoms with Crippen molar-refractivity contribution in [2.75, 3.05) is 19.6 Å². The quantitative estimate of drug-likeness (QED) is 0.892. The topological polar surface area (TPSA) is 60.9 Å². The Hall–Kier alpha value is -1.59. The molecule has 2 aliphatic rings. The van der Waals surface area contributed by atoms with Crippen LogP contribution in [0.1, 0.15) is 30.4 Å². The Morgan fingerprint density at radius 2 is 2.13 bits per heavy atom. The maximum Gasteiger partial charge on any atom is 0.251 e. The minimum atomic E-state index is -0.971. The summed E-state index contributed by atoms with van der Waals surface area (Å²) in [6.45, 7) is 1.69. The molecule has 23 heavy (non-hydrogen) atoms. The van der Waals surface area contributed by atoms with E-state index in [1.807, 2.05) is 18.2 Å². The van der Waals surface area contributed by atoms with Crippen molar-refractivity contribution in [3.8, 4) is 0 Å². The molecule has 0 saturated carbocycles. The van der Waals surface area contributed by atoms with E-state index in [4.69, 9.17) is 11.6 Å². The molecular formula is C17H21ClN2O3. The summed E-state index contributed by atoms with van der Waals surface area (Å²) in [7, 11) is 0. The number of likely N-dealkylation sites (tertiary alicyclic amines) is 1. The largest absolute Gasteiger partial charge is 0.383 e. The SMILES string of the molecule is O=C(CN1CCCCC(O)C1=O)N1CCc2cccc(Cl)c2C1. The summed E-state index contributed by atoms with van der Waals surface area (Å²) in [6, 6.07) is 5.80. The minimum absolute atomic E-state index is 0.0374. The fourth-order valence-corrected chi connectivity index (χ4v) is 3.51. The van der Waals surface area contributed by atoms with Gasteiger partial charge >= 0.3 is 0 Å². The van der Waals surface area contributed by atoms with Crippen LogP contribution in [0, 0.1) is 0 Å². The van der Waals surface area contributed by atoms with E-state index in [1.165, 1.54) is 10.5 Å². The number of benzene rings is 1. The molecule has 0 aromatic heterocycles. The first-order valence-electron chi connectivity index (χ1n) is 8.07. The van der Waals surface area contributed by atoms with Crippen molar-refractivity contribution in [1.29, 1.82) is 0 Å². The zero-order chi connectivity index (χ0) is 16.4. The van der Waals surface area contributed by atoms with E-state index < -0.39 is 6.10 Å². The average molecular weight is 337 g/mol.